The average molecular weight is 454 g/mol. The summed E-state index contributed by atoms with van der Waals surface area (Å²) < 4.78 is 14.8. The summed E-state index contributed by atoms with van der Waals surface area (Å²) in [4.78, 5) is 30.1. The second-order valence-electron chi connectivity index (χ2n) is 6.81. The molecule has 0 unspecified atom stereocenters. The highest BCUT2D eigenvalue weighted by atomic mass is 35.5. The number of thioether (sulfide) groups is 1. The number of nitrogens with one attached hydrogen (secondary N) is 1. The van der Waals surface area contributed by atoms with Gasteiger partial charge in [-0.3, -0.25) is 15.0 Å². The fourth-order valence-electron chi connectivity index (χ4n) is 3.01. The molecule has 156 valence electrons. The first-order valence-electron chi connectivity index (χ1n) is 9.43. The SMILES string of the molecule is O=C(Cc1ccccc1)Nn1c(SCc2ccc(Cl)cc2)nc2cc(F)ccc2c1=O. The van der Waals surface area contributed by atoms with Crippen LogP contribution in [0.3, 0.4) is 0 Å². The molecule has 1 aromatic heterocycles. The van der Waals surface area contributed by atoms with Gasteiger partial charge in [-0.15, -0.1) is 0 Å². The Morgan fingerprint density at radius 2 is 1.77 bits per heavy atom. The van der Waals surface area contributed by atoms with E-state index in [2.05, 4.69) is 10.4 Å². The standard InChI is InChI=1S/C23H17ClFN3O2S/c24-17-8-6-16(7-9-17)14-31-23-26-20-13-18(25)10-11-19(20)22(30)28(23)27-21(29)12-15-4-2-1-3-5-15/h1-11,13H,12,14H2,(H,27,29). The maximum absolute atomic E-state index is 13.7. The van der Waals surface area contributed by atoms with Crippen molar-refractivity contribution in [2.75, 3.05) is 5.43 Å². The third kappa shape index (κ3) is 5.13. The van der Waals surface area contributed by atoms with Gasteiger partial charge in [-0.25, -0.2) is 9.37 Å². The topological polar surface area (TPSA) is 64.0 Å². The van der Waals surface area contributed by atoms with Gasteiger partial charge in [-0.2, -0.15) is 4.68 Å². The van der Waals surface area contributed by atoms with E-state index in [1.165, 1.54) is 30.0 Å². The zero-order chi connectivity index (χ0) is 21.8. The summed E-state index contributed by atoms with van der Waals surface area (Å²) in [6.45, 7) is 0. The molecule has 0 spiro atoms. The molecule has 31 heavy (non-hydrogen) atoms. The van der Waals surface area contributed by atoms with Crippen LogP contribution in [0.2, 0.25) is 5.02 Å². The van der Waals surface area contributed by atoms with Crippen LogP contribution in [0.1, 0.15) is 11.1 Å². The van der Waals surface area contributed by atoms with Gasteiger partial charge < -0.3 is 0 Å². The summed E-state index contributed by atoms with van der Waals surface area (Å²) in [7, 11) is 0. The fourth-order valence-corrected chi connectivity index (χ4v) is 4.04. The molecule has 1 heterocycles. The number of nitrogens with zero attached hydrogens (tertiary/aromatic N) is 2. The van der Waals surface area contributed by atoms with Gasteiger partial charge in [-0.1, -0.05) is 65.8 Å². The van der Waals surface area contributed by atoms with Crippen molar-refractivity contribution in [1.82, 2.24) is 9.66 Å². The van der Waals surface area contributed by atoms with Gasteiger partial charge in [0.1, 0.15) is 5.82 Å². The van der Waals surface area contributed by atoms with Crippen LogP contribution < -0.4 is 11.0 Å². The smallest absolute Gasteiger partial charge is 0.273 e. The average Bonchev–Trinajstić information content (AvgIpc) is 2.76. The number of rotatable bonds is 6. The van der Waals surface area contributed by atoms with E-state index < -0.39 is 11.4 Å². The molecule has 4 aromatic rings. The molecule has 1 amide bonds. The Balaban J connectivity index is 1.67. The summed E-state index contributed by atoms with van der Waals surface area (Å²) in [5.74, 6) is -0.359. The summed E-state index contributed by atoms with van der Waals surface area (Å²) in [5.41, 5.74) is 4.19. The highest BCUT2D eigenvalue weighted by Gasteiger charge is 2.15. The van der Waals surface area contributed by atoms with Crippen molar-refractivity contribution in [1.29, 1.82) is 0 Å². The van der Waals surface area contributed by atoms with Gasteiger partial charge in [0.05, 0.1) is 17.3 Å². The number of carbonyl (C=O) groups is 1. The van der Waals surface area contributed by atoms with Gasteiger partial charge in [0.25, 0.3) is 5.56 Å². The largest absolute Gasteiger partial charge is 0.281 e. The van der Waals surface area contributed by atoms with E-state index in [0.29, 0.717) is 10.8 Å². The lowest BCUT2D eigenvalue weighted by Crippen LogP contribution is -2.35. The Morgan fingerprint density at radius 3 is 2.52 bits per heavy atom. The van der Waals surface area contributed by atoms with Crippen molar-refractivity contribution in [3.8, 4) is 0 Å². The normalized spacial score (nSPS) is 10.9. The molecule has 4 rings (SSSR count). The Hall–Kier alpha value is -3.16. The Labute approximate surface area is 186 Å². The lowest BCUT2D eigenvalue weighted by atomic mass is 10.1. The van der Waals surface area contributed by atoms with Crippen molar-refractivity contribution in [3.63, 3.8) is 0 Å². The fraction of sp³-hybridized carbons (Fsp3) is 0.0870. The molecule has 1 N–H and O–H groups in total. The third-order valence-electron chi connectivity index (χ3n) is 4.53. The van der Waals surface area contributed by atoms with Crippen LogP contribution in [0.15, 0.2) is 82.7 Å². The summed E-state index contributed by atoms with van der Waals surface area (Å²) in [5, 5.41) is 1.11. The highest BCUT2D eigenvalue weighted by molar-refractivity contribution is 7.98. The molecule has 0 atom stereocenters. The van der Waals surface area contributed by atoms with Gasteiger partial charge in [0.2, 0.25) is 5.91 Å². The number of hydrogen-bond acceptors (Lipinski definition) is 4. The summed E-state index contributed by atoms with van der Waals surface area (Å²) in [6, 6.07) is 20.3. The Bertz CT molecular complexity index is 1290. The zero-order valence-electron chi connectivity index (χ0n) is 16.2. The Kier molecular flexibility index (Phi) is 6.34. The van der Waals surface area contributed by atoms with E-state index >= 15 is 0 Å². The minimum atomic E-state index is -0.487. The number of carbonyl (C=O) groups excluding carboxylic acids is 1. The highest BCUT2D eigenvalue weighted by Crippen LogP contribution is 2.23. The molecule has 0 fully saturated rings. The summed E-state index contributed by atoms with van der Waals surface area (Å²) in [6.07, 6.45) is 0.107. The van der Waals surface area contributed by atoms with E-state index in [0.717, 1.165) is 15.8 Å². The van der Waals surface area contributed by atoms with Gasteiger partial charge >= 0.3 is 0 Å². The molecule has 5 nitrogen and oxygen atoms in total. The molecule has 0 aliphatic rings. The number of amides is 1. The molecule has 0 saturated carbocycles. The maximum atomic E-state index is 13.7. The lowest BCUT2D eigenvalue weighted by molar-refractivity contribution is -0.116. The van der Waals surface area contributed by atoms with E-state index in [-0.39, 0.29) is 28.4 Å². The molecular formula is C23H17ClFN3O2S. The van der Waals surface area contributed by atoms with Crippen LogP contribution in [0.5, 0.6) is 0 Å². The Morgan fingerprint density at radius 1 is 1.03 bits per heavy atom. The van der Waals surface area contributed by atoms with Crippen molar-refractivity contribution in [2.45, 2.75) is 17.3 Å². The first kappa shape index (κ1) is 21.1. The summed E-state index contributed by atoms with van der Waals surface area (Å²) >= 11 is 7.19. The minimum Gasteiger partial charge on any atom is -0.273 e. The second kappa shape index (κ2) is 9.32. The van der Waals surface area contributed by atoms with Gasteiger partial charge in [-0.05, 0) is 35.4 Å². The van der Waals surface area contributed by atoms with Crippen LogP contribution in [0, 0.1) is 5.82 Å². The molecule has 0 saturated heterocycles. The molecule has 0 aliphatic heterocycles. The quantitative estimate of drug-likeness (QED) is 0.336. The van der Waals surface area contributed by atoms with Crippen LogP contribution in [-0.4, -0.2) is 15.6 Å². The van der Waals surface area contributed by atoms with Crippen molar-refractivity contribution < 1.29 is 9.18 Å². The first-order valence-corrected chi connectivity index (χ1v) is 10.8. The lowest BCUT2D eigenvalue weighted by Gasteiger charge is -2.14. The second-order valence-corrected chi connectivity index (χ2v) is 8.19. The minimum absolute atomic E-state index is 0.107. The first-order chi connectivity index (χ1) is 15.0. The number of fused-ring (bicyclic) bond motifs is 1. The van der Waals surface area contributed by atoms with E-state index in [9.17, 15) is 14.0 Å². The van der Waals surface area contributed by atoms with Crippen LogP contribution >= 0.6 is 23.4 Å². The molecule has 0 radical (unpaired) electrons. The predicted octanol–water partition coefficient (Wildman–Crippen LogP) is 4.79. The third-order valence-corrected chi connectivity index (χ3v) is 5.79. The van der Waals surface area contributed by atoms with Crippen LogP contribution in [0.25, 0.3) is 10.9 Å². The molecular weight excluding hydrogens is 437 g/mol. The number of benzene rings is 3. The molecule has 0 bridgehead atoms. The number of hydrogen-bond donors (Lipinski definition) is 1. The van der Waals surface area contributed by atoms with Crippen molar-refractivity contribution in [2.24, 2.45) is 0 Å². The van der Waals surface area contributed by atoms with Gasteiger partial charge in [0, 0.05) is 16.8 Å². The molecule has 8 heteroatoms. The number of aromatic nitrogens is 2. The van der Waals surface area contributed by atoms with Gasteiger partial charge in [0.15, 0.2) is 5.16 Å². The predicted molar refractivity (Wildman–Crippen MR) is 121 cm³/mol. The maximum Gasteiger partial charge on any atom is 0.281 e. The zero-order valence-corrected chi connectivity index (χ0v) is 17.8. The molecule has 0 aliphatic carbocycles. The van der Waals surface area contributed by atoms with E-state index in [1.54, 1.807) is 12.1 Å². The number of halogens is 2. The van der Waals surface area contributed by atoms with Crippen LogP contribution in [0.4, 0.5) is 4.39 Å². The van der Waals surface area contributed by atoms with Crippen LogP contribution in [-0.2, 0) is 17.0 Å². The van der Waals surface area contributed by atoms with Crippen molar-refractivity contribution in [3.05, 3.63) is 105 Å². The van der Waals surface area contributed by atoms with Crippen molar-refractivity contribution >= 4 is 40.2 Å². The van der Waals surface area contributed by atoms with E-state index in [4.69, 9.17) is 11.6 Å². The van der Waals surface area contributed by atoms with E-state index in [1.807, 2.05) is 42.5 Å². The monoisotopic (exact) mass is 453 g/mol. The molecule has 3 aromatic carbocycles.